The Hall–Kier alpha value is -7.92. The van der Waals surface area contributed by atoms with Crippen LogP contribution in [-0.4, -0.2) is 4.57 Å². The largest absolute Gasteiger partial charge is 0.455 e. The quantitative estimate of drug-likeness (QED) is 0.167. The van der Waals surface area contributed by atoms with Crippen LogP contribution in [0.3, 0.4) is 0 Å². The predicted molar refractivity (Wildman–Crippen MR) is 264 cm³/mol. The van der Waals surface area contributed by atoms with Crippen molar-refractivity contribution in [3.63, 3.8) is 0 Å². The van der Waals surface area contributed by atoms with E-state index >= 15 is 0 Å². The maximum atomic E-state index is 6.44. The Bertz CT molecular complexity index is 3860. The summed E-state index contributed by atoms with van der Waals surface area (Å²) in [5.41, 5.74) is 13.2. The monoisotopic (exact) mass is 808 g/mol. The maximum Gasteiger partial charge on any atom is 0.143 e. The molecule has 0 aliphatic carbocycles. The number of para-hydroxylation sites is 3. The van der Waals surface area contributed by atoms with E-state index in [1.54, 1.807) is 0 Å². The molecule has 0 aliphatic heterocycles. The number of fused-ring (bicyclic) bond motifs is 11. The average molecular weight is 809 g/mol. The number of furan rings is 1. The van der Waals surface area contributed by atoms with E-state index in [2.05, 4.69) is 216 Å². The van der Waals surface area contributed by atoms with Crippen LogP contribution in [0.15, 0.2) is 223 Å². The van der Waals surface area contributed by atoms with E-state index < -0.39 is 0 Å². The molecule has 62 heavy (non-hydrogen) atoms. The molecule has 0 N–H and O–H groups in total. The first kappa shape index (κ1) is 34.9. The Morgan fingerprint density at radius 2 is 1.02 bits per heavy atom. The van der Waals surface area contributed by atoms with Crippen molar-refractivity contribution in [3.8, 4) is 27.9 Å². The summed E-state index contributed by atoms with van der Waals surface area (Å²) in [6, 6.07) is 79.2. The highest BCUT2D eigenvalue weighted by Crippen LogP contribution is 2.43. The van der Waals surface area contributed by atoms with Gasteiger partial charge in [-0.25, -0.2) is 0 Å². The molecule has 0 saturated heterocycles. The van der Waals surface area contributed by atoms with Crippen LogP contribution in [0.4, 0.5) is 17.1 Å². The number of benzene rings is 10. The van der Waals surface area contributed by atoms with Crippen LogP contribution in [0.2, 0.25) is 0 Å². The molecule has 0 atom stereocenters. The molecule has 3 heterocycles. The molecule has 3 nitrogen and oxygen atoms in total. The van der Waals surface area contributed by atoms with Gasteiger partial charge < -0.3 is 13.9 Å². The molecule has 290 valence electrons. The van der Waals surface area contributed by atoms with E-state index in [9.17, 15) is 0 Å². The predicted octanol–water partition coefficient (Wildman–Crippen LogP) is 17.0. The summed E-state index contributed by atoms with van der Waals surface area (Å²) in [5, 5.41) is 9.86. The highest BCUT2D eigenvalue weighted by molar-refractivity contribution is 7.25. The van der Waals surface area contributed by atoms with Crippen LogP contribution in [0.1, 0.15) is 0 Å². The molecule has 0 unspecified atom stereocenters. The average Bonchev–Trinajstić information content (AvgIpc) is 4.02. The van der Waals surface area contributed by atoms with E-state index in [0.717, 1.165) is 55.8 Å². The summed E-state index contributed by atoms with van der Waals surface area (Å²) in [4.78, 5) is 2.38. The van der Waals surface area contributed by atoms with Gasteiger partial charge >= 0.3 is 0 Å². The highest BCUT2D eigenvalue weighted by Gasteiger charge is 2.19. The van der Waals surface area contributed by atoms with E-state index in [-0.39, 0.29) is 0 Å². The van der Waals surface area contributed by atoms with Crippen molar-refractivity contribution in [2.75, 3.05) is 4.90 Å². The molecule has 0 aliphatic rings. The molecule has 13 aromatic rings. The molecule has 0 saturated carbocycles. The Morgan fingerprint density at radius 1 is 0.387 bits per heavy atom. The van der Waals surface area contributed by atoms with Gasteiger partial charge in [-0.15, -0.1) is 11.3 Å². The fraction of sp³-hybridized carbons (Fsp3) is 0. The molecule has 3 aromatic heterocycles. The number of hydrogen-bond acceptors (Lipinski definition) is 3. The van der Waals surface area contributed by atoms with Crippen molar-refractivity contribution in [3.05, 3.63) is 218 Å². The number of rotatable bonds is 6. The number of anilines is 3. The van der Waals surface area contributed by atoms with Gasteiger partial charge in [-0.3, -0.25) is 0 Å². The lowest BCUT2D eigenvalue weighted by Gasteiger charge is -2.26. The zero-order chi connectivity index (χ0) is 40.7. The first-order valence-corrected chi connectivity index (χ1v) is 21.9. The van der Waals surface area contributed by atoms with Gasteiger partial charge in [0.1, 0.15) is 11.2 Å². The zero-order valence-corrected chi connectivity index (χ0v) is 34.3. The number of aromatic nitrogens is 1. The van der Waals surface area contributed by atoms with Gasteiger partial charge in [0.05, 0.1) is 11.0 Å². The standard InChI is InChI=1S/C58H36N2OS/c1-2-12-41(13-3-1)60-53-35-40(26-32-47(53)51-33-25-38-11-4-5-14-45(38)57(51)60)37-21-27-42(28-22-37)59(44-31-34-50-49-16-7-9-20-55(49)62-56(50)36-44)43-29-23-39(24-30-43)46-17-10-18-52-48-15-6-8-19-54(48)61-58(46)52/h1-36H. The second-order valence-electron chi connectivity index (χ2n) is 16.1. The summed E-state index contributed by atoms with van der Waals surface area (Å²) in [7, 11) is 0. The molecule has 0 amide bonds. The van der Waals surface area contributed by atoms with Crippen molar-refractivity contribution < 1.29 is 4.42 Å². The van der Waals surface area contributed by atoms with Gasteiger partial charge in [-0.2, -0.15) is 0 Å². The molecule has 0 bridgehead atoms. The lowest BCUT2D eigenvalue weighted by Crippen LogP contribution is -2.09. The third-order valence-corrected chi connectivity index (χ3v) is 13.7. The van der Waals surface area contributed by atoms with Crippen LogP contribution in [-0.2, 0) is 0 Å². The lowest BCUT2D eigenvalue weighted by atomic mass is 10.0. The summed E-state index contributed by atoms with van der Waals surface area (Å²) in [5.74, 6) is 0. The fourth-order valence-corrected chi connectivity index (χ4v) is 10.8. The number of hydrogen-bond donors (Lipinski definition) is 0. The summed E-state index contributed by atoms with van der Waals surface area (Å²) >= 11 is 1.85. The highest BCUT2D eigenvalue weighted by atomic mass is 32.1. The molecule has 13 rings (SSSR count). The molecule has 0 radical (unpaired) electrons. The van der Waals surface area contributed by atoms with Gasteiger partial charge in [0.25, 0.3) is 0 Å². The van der Waals surface area contributed by atoms with E-state index in [0.29, 0.717) is 0 Å². The van der Waals surface area contributed by atoms with Crippen LogP contribution < -0.4 is 4.90 Å². The lowest BCUT2D eigenvalue weighted by molar-refractivity contribution is 0.670. The number of nitrogens with zero attached hydrogens (tertiary/aromatic N) is 2. The number of thiophene rings is 1. The van der Waals surface area contributed by atoms with Crippen LogP contribution >= 0.6 is 11.3 Å². The second-order valence-corrected chi connectivity index (χ2v) is 17.2. The minimum absolute atomic E-state index is 0.907. The minimum Gasteiger partial charge on any atom is -0.455 e. The SMILES string of the molecule is c1ccc(-n2c3cc(-c4ccc(N(c5ccc(-c6cccc7c6oc6ccccc67)cc5)c5ccc6c(c5)sc5ccccc56)cc4)ccc3c3ccc4ccccc4c32)cc1. The summed E-state index contributed by atoms with van der Waals surface area (Å²) in [6.07, 6.45) is 0. The zero-order valence-electron chi connectivity index (χ0n) is 33.5. The summed E-state index contributed by atoms with van der Waals surface area (Å²) in [6.45, 7) is 0. The molecule has 10 aromatic carbocycles. The van der Waals surface area contributed by atoms with Crippen molar-refractivity contribution in [2.24, 2.45) is 0 Å². The van der Waals surface area contributed by atoms with Gasteiger partial charge in [0.15, 0.2) is 0 Å². The van der Waals surface area contributed by atoms with Gasteiger partial charge in [0.2, 0.25) is 0 Å². The van der Waals surface area contributed by atoms with E-state index in [1.807, 2.05) is 23.5 Å². The van der Waals surface area contributed by atoms with Crippen molar-refractivity contribution in [2.45, 2.75) is 0 Å². The van der Waals surface area contributed by atoms with E-state index in [1.165, 1.54) is 63.9 Å². The fourth-order valence-electron chi connectivity index (χ4n) is 9.67. The van der Waals surface area contributed by atoms with Crippen molar-refractivity contribution >= 4 is 103 Å². The van der Waals surface area contributed by atoms with Crippen LogP contribution in [0.5, 0.6) is 0 Å². The first-order chi connectivity index (χ1) is 30.7. The van der Waals surface area contributed by atoms with Gasteiger partial charge in [-0.05, 0) is 88.8 Å². The third-order valence-electron chi connectivity index (χ3n) is 12.6. The Labute approximate surface area is 361 Å². The third kappa shape index (κ3) is 5.44. The van der Waals surface area contributed by atoms with Gasteiger partial charge in [0, 0.05) is 75.4 Å². The normalized spacial score (nSPS) is 11.9. The second kappa shape index (κ2) is 13.8. The molecule has 0 fully saturated rings. The first-order valence-electron chi connectivity index (χ1n) is 21.1. The van der Waals surface area contributed by atoms with Crippen LogP contribution in [0.25, 0.3) is 103 Å². The molecule has 4 heteroatoms. The van der Waals surface area contributed by atoms with Crippen LogP contribution in [0, 0.1) is 0 Å². The Morgan fingerprint density at radius 3 is 1.85 bits per heavy atom. The minimum atomic E-state index is 0.907. The van der Waals surface area contributed by atoms with Crippen molar-refractivity contribution in [1.29, 1.82) is 0 Å². The Kier molecular flexibility index (Phi) is 7.78. The molecular weight excluding hydrogens is 773 g/mol. The summed E-state index contributed by atoms with van der Waals surface area (Å²) < 4.78 is 11.5. The smallest absolute Gasteiger partial charge is 0.143 e. The topological polar surface area (TPSA) is 21.3 Å². The Balaban J connectivity index is 0.933. The van der Waals surface area contributed by atoms with E-state index in [4.69, 9.17) is 4.42 Å². The molecule has 0 spiro atoms. The maximum absolute atomic E-state index is 6.44. The van der Waals surface area contributed by atoms with Gasteiger partial charge in [-0.1, -0.05) is 152 Å². The van der Waals surface area contributed by atoms with Crippen molar-refractivity contribution in [1.82, 2.24) is 4.57 Å². The molecular formula is C58H36N2OS.